The number of halogens is 1. The van der Waals surface area contributed by atoms with Crippen molar-refractivity contribution in [3.63, 3.8) is 0 Å². The second-order valence-corrected chi connectivity index (χ2v) is 5.77. The Morgan fingerprint density at radius 2 is 1.71 bits per heavy atom. The molecule has 0 heterocycles. The number of esters is 2. The van der Waals surface area contributed by atoms with E-state index in [1.165, 1.54) is 31.7 Å². The molecule has 0 saturated heterocycles. The Balaban J connectivity index is 2.29. The molecule has 0 spiro atoms. The third-order valence-corrected chi connectivity index (χ3v) is 4.35. The van der Waals surface area contributed by atoms with E-state index in [-0.39, 0.29) is 23.3 Å². The lowest BCUT2D eigenvalue weighted by Gasteiger charge is -2.27. The van der Waals surface area contributed by atoms with Crippen molar-refractivity contribution in [3.8, 4) is 0 Å². The zero-order valence-corrected chi connectivity index (χ0v) is 13.9. The van der Waals surface area contributed by atoms with Gasteiger partial charge in [-0.05, 0) is 0 Å². The van der Waals surface area contributed by atoms with Crippen LogP contribution < -0.4 is 5.32 Å². The maximum Gasteiger partial charge on any atom is 0.365 e. The minimum absolute atomic E-state index is 0.252. The third-order valence-electron chi connectivity index (χ3n) is 3.88. The molecular formula is C16H17ClNO6+. The van der Waals surface area contributed by atoms with Crippen LogP contribution in [0.3, 0.4) is 0 Å². The predicted molar refractivity (Wildman–Crippen MR) is 82.9 cm³/mol. The molecule has 0 bridgehead atoms. The zero-order chi connectivity index (χ0) is 17.9. The topological polar surface area (TPSA) is 103 Å². The Kier molecular flexibility index (Phi) is 5.69. The van der Waals surface area contributed by atoms with Crippen LogP contribution in [0.25, 0.3) is 0 Å². The van der Waals surface area contributed by atoms with Crippen LogP contribution in [0.15, 0.2) is 24.3 Å². The number of hydrogen-bond donors (Lipinski definition) is 1. The van der Waals surface area contributed by atoms with Gasteiger partial charge in [0.05, 0.1) is 14.2 Å². The van der Waals surface area contributed by atoms with Crippen LogP contribution in [0.2, 0.25) is 0 Å². The Hall–Kier alpha value is -2.25. The largest absolute Gasteiger partial charge is 0.469 e. The van der Waals surface area contributed by atoms with Crippen molar-refractivity contribution < 1.29 is 34.0 Å². The van der Waals surface area contributed by atoms with E-state index in [1.54, 1.807) is 12.1 Å². The van der Waals surface area contributed by atoms with Gasteiger partial charge in [0.15, 0.2) is 23.2 Å². The smallest absolute Gasteiger partial charge is 0.365 e. The van der Waals surface area contributed by atoms with E-state index in [4.69, 9.17) is 11.6 Å². The van der Waals surface area contributed by atoms with Crippen molar-refractivity contribution in [2.24, 2.45) is 0 Å². The van der Waals surface area contributed by atoms with E-state index >= 15 is 0 Å². The summed E-state index contributed by atoms with van der Waals surface area (Å²) in [4.78, 5) is 48.4. The van der Waals surface area contributed by atoms with Gasteiger partial charge in [0, 0.05) is 11.1 Å². The van der Waals surface area contributed by atoms with Crippen molar-refractivity contribution >= 4 is 35.1 Å². The number of hydrogen-bond acceptors (Lipinski definition) is 6. The average Bonchev–Trinajstić information content (AvgIpc) is 2.61. The number of Topliss-reactive ketones (excluding diaryl/α,β-unsaturated/α-hetero) is 2. The minimum atomic E-state index is -1.14. The molecule has 1 aromatic rings. The highest BCUT2D eigenvalue weighted by atomic mass is 35.5. The summed E-state index contributed by atoms with van der Waals surface area (Å²) in [6.45, 7) is 0. The van der Waals surface area contributed by atoms with E-state index in [1.807, 2.05) is 0 Å². The zero-order valence-electron chi connectivity index (χ0n) is 13.2. The maximum absolute atomic E-state index is 12.6. The van der Waals surface area contributed by atoms with E-state index in [0.29, 0.717) is 0 Å². The number of methoxy groups -OCH3 is 2. The number of fused-ring (bicyclic) bond motifs is 1. The van der Waals surface area contributed by atoms with Crippen molar-refractivity contribution in [2.75, 3.05) is 14.2 Å². The molecule has 24 heavy (non-hydrogen) atoms. The number of nitrogens with two attached hydrogens (primary N) is 1. The summed E-state index contributed by atoms with van der Waals surface area (Å²) in [5, 5.41) is 0.161. The number of alkyl halides is 1. The number of quaternary nitrogens is 1. The molecule has 0 fully saturated rings. The molecule has 2 N–H and O–H groups in total. The normalized spacial score (nSPS) is 21.0. The van der Waals surface area contributed by atoms with Crippen LogP contribution in [0.4, 0.5) is 0 Å². The summed E-state index contributed by atoms with van der Waals surface area (Å²) in [5.74, 6) is -2.11. The van der Waals surface area contributed by atoms with Crippen molar-refractivity contribution in [1.82, 2.24) is 0 Å². The van der Waals surface area contributed by atoms with Gasteiger partial charge in [-0.1, -0.05) is 24.3 Å². The van der Waals surface area contributed by atoms with Gasteiger partial charge >= 0.3 is 11.9 Å². The molecule has 0 unspecified atom stereocenters. The van der Waals surface area contributed by atoms with Crippen LogP contribution in [-0.2, 0) is 19.1 Å². The monoisotopic (exact) mass is 354 g/mol. The minimum Gasteiger partial charge on any atom is -0.469 e. The molecule has 0 saturated carbocycles. The Morgan fingerprint density at radius 1 is 1.12 bits per heavy atom. The highest BCUT2D eigenvalue weighted by molar-refractivity contribution is 6.39. The predicted octanol–water partition coefficient (Wildman–Crippen LogP) is -0.290. The van der Waals surface area contributed by atoms with E-state index < -0.39 is 35.2 Å². The Morgan fingerprint density at radius 3 is 2.25 bits per heavy atom. The number of ether oxygens (including phenoxy) is 2. The molecule has 1 aliphatic carbocycles. The van der Waals surface area contributed by atoms with Gasteiger partial charge in [-0.25, -0.2) is 4.79 Å². The Bertz CT molecular complexity index is 689. The van der Waals surface area contributed by atoms with Crippen LogP contribution in [0.1, 0.15) is 27.1 Å². The fourth-order valence-corrected chi connectivity index (χ4v) is 2.93. The molecule has 0 aliphatic heterocycles. The van der Waals surface area contributed by atoms with Crippen LogP contribution in [0.5, 0.6) is 0 Å². The van der Waals surface area contributed by atoms with Gasteiger partial charge in [0.2, 0.25) is 5.78 Å². The molecule has 0 aromatic heterocycles. The highest BCUT2D eigenvalue weighted by Gasteiger charge is 2.45. The van der Waals surface area contributed by atoms with E-state index in [9.17, 15) is 19.2 Å². The highest BCUT2D eigenvalue weighted by Crippen LogP contribution is 2.23. The number of carbonyl (C=O) groups excluding carboxylic acids is 4. The lowest BCUT2D eigenvalue weighted by molar-refractivity contribution is -0.695. The van der Waals surface area contributed by atoms with Crippen LogP contribution in [0, 0.1) is 0 Å². The van der Waals surface area contributed by atoms with Crippen LogP contribution in [-0.4, -0.2) is 55.2 Å². The molecular weight excluding hydrogens is 338 g/mol. The molecule has 3 atom stereocenters. The lowest BCUT2D eigenvalue weighted by atomic mass is 9.85. The van der Waals surface area contributed by atoms with Gasteiger partial charge in [-0.3, -0.25) is 14.4 Å². The Labute approximate surface area is 143 Å². The summed E-state index contributed by atoms with van der Waals surface area (Å²) >= 11 is 6.15. The van der Waals surface area contributed by atoms with E-state index in [0.717, 1.165) is 0 Å². The first-order valence-electron chi connectivity index (χ1n) is 7.21. The quantitative estimate of drug-likeness (QED) is 0.575. The molecule has 1 aliphatic rings. The first-order valence-corrected chi connectivity index (χ1v) is 7.65. The van der Waals surface area contributed by atoms with Crippen molar-refractivity contribution in [3.05, 3.63) is 35.4 Å². The molecule has 7 nitrogen and oxygen atoms in total. The number of ketones is 2. The lowest BCUT2D eigenvalue weighted by Crippen LogP contribution is -3.00. The summed E-state index contributed by atoms with van der Waals surface area (Å²) in [6, 6.07) is 4.30. The summed E-state index contributed by atoms with van der Waals surface area (Å²) in [7, 11) is 2.36. The standard InChI is InChI=1S/C16H16ClNO6/c1-23-11(19)7-10(16(22)24-2)18-13-12(17)14(20)8-5-3-4-6-9(8)15(13)21/h3-6,10,12-13,18H,7H2,1-2H3/p+1/t10-,12-,13-/m1/s1. The van der Waals surface area contributed by atoms with E-state index in [2.05, 4.69) is 9.47 Å². The SMILES string of the molecule is COC(=O)C[C@@H]([NH2+][C@H]1C(=O)c2ccccc2C(=O)[C@@H]1Cl)C(=O)OC. The molecule has 8 heteroatoms. The van der Waals surface area contributed by atoms with Gasteiger partial charge < -0.3 is 14.8 Å². The van der Waals surface area contributed by atoms with Gasteiger partial charge in [0.25, 0.3) is 0 Å². The molecule has 0 amide bonds. The molecule has 128 valence electrons. The van der Waals surface area contributed by atoms with Gasteiger partial charge in [-0.15, -0.1) is 11.6 Å². The number of carbonyl (C=O) groups is 4. The van der Waals surface area contributed by atoms with Gasteiger partial charge in [-0.2, -0.15) is 0 Å². The van der Waals surface area contributed by atoms with Crippen molar-refractivity contribution in [2.45, 2.75) is 23.9 Å². The average molecular weight is 355 g/mol. The first kappa shape index (κ1) is 18.1. The van der Waals surface area contributed by atoms with Crippen LogP contribution >= 0.6 is 11.6 Å². The maximum atomic E-state index is 12.6. The molecule has 2 rings (SSSR count). The molecule has 0 radical (unpaired) electrons. The first-order chi connectivity index (χ1) is 11.4. The summed E-state index contributed by atoms with van der Waals surface area (Å²) in [5.41, 5.74) is 0.511. The second-order valence-electron chi connectivity index (χ2n) is 5.30. The third kappa shape index (κ3) is 3.47. The fraction of sp³-hybridized carbons (Fsp3) is 0.375. The number of benzene rings is 1. The number of rotatable bonds is 5. The second kappa shape index (κ2) is 7.55. The van der Waals surface area contributed by atoms with Gasteiger partial charge in [0.1, 0.15) is 6.42 Å². The molecule has 1 aromatic carbocycles. The summed E-state index contributed by atoms with van der Waals surface area (Å²) < 4.78 is 9.19. The van der Waals surface area contributed by atoms with Crippen molar-refractivity contribution in [1.29, 1.82) is 0 Å². The summed E-state index contributed by atoms with van der Waals surface area (Å²) in [6.07, 6.45) is -0.299. The fourth-order valence-electron chi connectivity index (χ4n) is 2.62.